The van der Waals surface area contributed by atoms with Crippen molar-refractivity contribution in [3.63, 3.8) is 0 Å². The number of phenols is 1. The minimum absolute atomic E-state index is 0. The van der Waals surface area contributed by atoms with Crippen LogP contribution >= 0.6 is 0 Å². The number of ether oxygens (including phenoxy) is 2. The van der Waals surface area contributed by atoms with E-state index in [4.69, 9.17) is 20.9 Å². The number of benzene rings is 2. The average Bonchev–Trinajstić information content (AvgIpc) is 2.83. The van der Waals surface area contributed by atoms with Gasteiger partial charge in [-0.2, -0.15) is 0 Å². The number of phenolic OH excluding ortho intramolecular Hbond substituents is 1. The van der Waals surface area contributed by atoms with Crippen molar-refractivity contribution in [3.8, 4) is 11.5 Å². The Kier molecular flexibility index (Phi) is 15.5. The summed E-state index contributed by atoms with van der Waals surface area (Å²) < 4.78 is 47.1. The number of guanidine groups is 1. The van der Waals surface area contributed by atoms with Gasteiger partial charge in [-0.05, 0) is 61.1 Å². The van der Waals surface area contributed by atoms with Gasteiger partial charge in [0, 0.05) is 6.61 Å². The van der Waals surface area contributed by atoms with Gasteiger partial charge in [-0.1, -0.05) is 56.2 Å². The molecule has 0 aliphatic rings. The predicted octanol–water partition coefficient (Wildman–Crippen LogP) is 0.747. The molecule has 2 rings (SSSR count). The van der Waals surface area contributed by atoms with E-state index < -0.39 is 21.5 Å². The van der Waals surface area contributed by atoms with E-state index in [0.29, 0.717) is 18.8 Å². The normalized spacial score (nSPS) is 13.0. The summed E-state index contributed by atoms with van der Waals surface area (Å²) in [5.41, 5.74) is 12.2. The monoisotopic (exact) mass is 541 g/mol. The summed E-state index contributed by atoms with van der Waals surface area (Å²) in [6.07, 6.45) is 6.79. The number of hydrogen-bond donors (Lipinski definition) is 3. The standard InChI is InChI=1S/C26H37N3O6S.Na/c1-2-3-4-18-34-25(21-11-13-22(30)14-12-21)7-5-6-24(36(31,32)33)17-10-20-8-15-23(16-9-20)35-19-29-26(27)28;/h5,7-9,11-16,24-25,30H,2-4,6,10,17-19H2,1H3,(H4,27,28,29)(H,31,32,33);/q;+1/p-1. The molecule has 11 heteroatoms. The summed E-state index contributed by atoms with van der Waals surface area (Å²) in [4.78, 5) is 3.74. The number of allylic oxidation sites excluding steroid dienone is 1. The molecule has 0 spiro atoms. The zero-order valence-electron chi connectivity index (χ0n) is 21.6. The molecule has 2 aromatic carbocycles. The Bertz CT molecular complexity index is 1070. The van der Waals surface area contributed by atoms with Crippen LogP contribution in [0.3, 0.4) is 0 Å². The van der Waals surface area contributed by atoms with Crippen molar-refractivity contribution < 1.29 is 57.1 Å². The number of unbranched alkanes of at least 4 members (excludes halogenated alkanes) is 2. The Morgan fingerprint density at radius 3 is 2.38 bits per heavy atom. The van der Waals surface area contributed by atoms with E-state index in [9.17, 15) is 18.1 Å². The zero-order chi connectivity index (χ0) is 26.4. The molecule has 0 aliphatic carbocycles. The molecule has 0 aliphatic heterocycles. The van der Waals surface area contributed by atoms with Crippen LogP contribution < -0.4 is 45.8 Å². The van der Waals surface area contributed by atoms with E-state index in [2.05, 4.69) is 11.9 Å². The molecule has 0 radical (unpaired) electrons. The minimum atomic E-state index is -4.49. The van der Waals surface area contributed by atoms with Crippen molar-refractivity contribution in [3.05, 3.63) is 71.8 Å². The van der Waals surface area contributed by atoms with Crippen LogP contribution in [-0.2, 0) is 21.3 Å². The number of nitrogens with two attached hydrogens (primary N) is 2. The fourth-order valence-electron chi connectivity index (χ4n) is 3.48. The number of aliphatic imine (C=N–C) groups is 1. The maximum Gasteiger partial charge on any atom is 1.00 e. The topological polar surface area (TPSA) is 160 Å². The van der Waals surface area contributed by atoms with Gasteiger partial charge in [0.05, 0.1) is 15.4 Å². The van der Waals surface area contributed by atoms with Crippen molar-refractivity contribution in [1.82, 2.24) is 0 Å². The first-order valence-corrected chi connectivity index (χ1v) is 13.4. The van der Waals surface area contributed by atoms with Gasteiger partial charge in [-0.3, -0.25) is 0 Å². The second-order valence-corrected chi connectivity index (χ2v) is 10.1. The molecule has 9 nitrogen and oxygen atoms in total. The molecule has 5 N–H and O–H groups in total. The summed E-state index contributed by atoms with van der Waals surface area (Å²) >= 11 is 0. The number of hydrogen-bond acceptors (Lipinski definition) is 7. The second-order valence-electron chi connectivity index (χ2n) is 8.41. The summed E-state index contributed by atoms with van der Waals surface area (Å²) in [5, 5.41) is 8.50. The molecule has 0 aromatic heterocycles. The summed E-state index contributed by atoms with van der Waals surface area (Å²) in [6, 6.07) is 13.8. The third-order valence-corrected chi connectivity index (χ3v) is 6.79. The van der Waals surface area contributed by atoms with E-state index in [-0.39, 0.29) is 60.8 Å². The Labute approximate surface area is 242 Å². The van der Waals surface area contributed by atoms with Crippen molar-refractivity contribution in [2.75, 3.05) is 13.3 Å². The van der Waals surface area contributed by atoms with E-state index in [1.54, 1.807) is 60.7 Å². The maximum absolute atomic E-state index is 11.9. The number of nitrogens with zero attached hydrogens (tertiary/aromatic N) is 1. The maximum atomic E-state index is 11.9. The SMILES string of the molecule is CCCCCOC(C=CCC(CCc1ccc(OCN=C(N)N)cc1)S(=O)(=O)[O-])c1ccc(O)cc1.[Na+]. The quantitative estimate of drug-likeness (QED) is 0.0701. The summed E-state index contributed by atoms with van der Waals surface area (Å²) in [5.74, 6) is 0.653. The molecule has 198 valence electrons. The molecule has 0 amide bonds. The first kappa shape index (κ1) is 32.9. The van der Waals surface area contributed by atoms with Gasteiger partial charge in [0.1, 0.15) is 17.6 Å². The predicted molar refractivity (Wildman–Crippen MR) is 140 cm³/mol. The minimum Gasteiger partial charge on any atom is -0.748 e. The molecule has 2 atom stereocenters. The Balaban J connectivity index is 0.00000684. The molecule has 0 fully saturated rings. The van der Waals surface area contributed by atoms with Crippen LogP contribution in [0.1, 0.15) is 56.3 Å². The van der Waals surface area contributed by atoms with Gasteiger partial charge >= 0.3 is 29.6 Å². The van der Waals surface area contributed by atoms with Gasteiger partial charge in [0.15, 0.2) is 12.7 Å². The molecule has 0 heterocycles. The Morgan fingerprint density at radius 2 is 1.78 bits per heavy atom. The Hall–Kier alpha value is -2.08. The van der Waals surface area contributed by atoms with E-state index in [0.717, 1.165) is 30.4 Å². The summed E-state index contributed by atoms with van der Waals surface area (Å²) in [6.45, 7) is 2.66. The summed E-state index contributed by atoms with van der Waals surface area (Å²) in [7, 11) is -4.49. The van der Waals surface area contributed by atoms with Crippen molar-refractivity contribution in [1.29, 1.82) is 0 Å². The number of rotatable bonds is 16. The van der Waals surface area contributed by atoms with Crippen LogP contribution in [0.2, 0.25) is 0 Å². The van der Waals surface area contributed by atoms with Crippen molar-refractivity contribution in [2.24, 2.45) is 16.5 Å². The van der Waals surface area contributed by atoms with Gasteiger partial charge in [0.2, 0.25) is 0 Å². The fourth-order valence-corrected chi connectivity index (χ4v) is 4.24. The van der Waals surface area contributed by atoms with Crippen molar-refractivity contribution in [2.45, 2.75) is 56.8 Å². The van der Waals surface area contributed by atoms with Gasteiger partial charge < -0.3 is 30.6 Å². The molecule has 37 heavy (non-hydrogen) atoms. The molecular formula is C26H36N3NaO6S. The van der Waals surface area contributed by atoms with Crippen LogP contribution in [0.5, 0.6) is 11.5 Å². The molecule has 0 bridgehead atoms. The largest absolute Gasteiger partial charge is 1.00 e. The van der Waals surface area contributed by atoms with Crippen LogP contribution in [0, 0.1) is 0 Å². The van der Waals surface area contributed by atoms with Gasteiger partial charge in [-0.25, -0.2) is 13.4 Å². The second kappa shape index (κ2) is 17.4. The molecule has 2 aromatic rings. The Morgan fingerprint density at radius 1 is 1.11 bits per heavy atom. The third-order valence-electron chi connectivity index (χ3n) is 5.54. The average molecular weight is 542 g/mol. The van der Waals surface area contributed by atoms with E-state index >= 15 is 0 Å². The molecule has 0 saturated heterocycles. The molecule has 0 saturated carbocycles. The first-order chi connectivity index (χ1) is 17.2. The molecule has 2 unspecified atom stereocenters. The van der Waals surface area contributed by atoms with Crippen LogP contribution in [0.15, 0.2) is 65.7 Å². The first-order valence-electron chi connectivity index (χ1n) is 12.0. The van der Waals surface area contributed by atoms with Gasteiger partial charge in [-0.15, -0.1) is 0 Å². The van der Waals surface area contributed by atoms with Gasteiger partial charge in [0.25, 0.3) is 0 Å². The van der Waals surface area contributed by atoms with Crippen LogP contribution in [0.4, 0.5) is 0 Å². The van der Waals surface area contributed by atoms with E-state index in [1.165, 1.54) is 0 Å². The number of aryl methyl sites for hydroxylation is 1. The molecular weight excluding hydrogens is 505 g/mol. The van der Waals surface area contributed by atoms with Crippen molar-refractivity contribution >= 4 is 16.1 Å². The van der Waals surface area contributed by atoms with E-state index in [1.807, 2.05) is 0 Å². The number of aromatic hydroxyl groups is 1. The smallest absolute Gasteiger partial charge is 0.748 e. The third kappa shape index (κ3) is 13.3. The van der Waals surface area contributed by atoms with Crippen LogP contribution in [-0.4, -0.2) is 42.6 Å². The van der Waals surface area contributed by atoms with Crippen LogP contribution in [0.25, 0.3) is 0 Å². The zero-order valence-corrected chi connectivity index (χ0v) is 24.4. The fraction of sp³-hybridized carbons (Fsp3) is 0.423.